The van der Waals surface area contributed by atoms with Crippen LogP contribution in [0.2, 0.25) is 0 Å². The molecular weight excluding hydrogens is 486 g/mol. The standard InChI is InChI=1S/C14H12F2N8.C7H11F2NO2/c1-18-12-10-7(2-4-23(10)22-14(17)21-12)9-3-5-24-13(20-9)8(6-19-24)11(15)16;8-7(9)2-1-3-10(5-7)6(12)4-11/h2-6,11H,1H3,(H3,17,18,21,22);11H,1-5H2. The summed E-state index contributed by atoms with van der Waals surface area (Å²) in [6.07, 6.45) is 1.91. The van der Waals surface area contributed by atoms with Gasteiger partial charge in [0.15, 0.2) is 11.5 Å². The monoisotopic (exact) mass is 509 g/mol. The second kappa shape index (κ2) is 9.93. The maximum Gasteiger partial charge on any atom is 0.269 e. The Kier molecular flexibility index (Phi) is 6.92. The van der Waals surface area contributed by atoms with Gasteiger partial charge >= 0.3 is 0 Å². The number of nitrogens with one attached hydrogen (secondary N) is 1. The third-order valence-electron chi connectivity index (χ3n) is 5.55. The zero-order chi connectivity index (χ0) is 26.0. The first-order valence-corrected chi connectivity index (χ1v) is 10.9. The van der Waals surface area contributed by atoms with Gasteiger partial charge in [0.1, 0.15) is 12.1 Å². The lowest BCUT2D eigenvalue weighted by Crippen LogP contribution is -2.46. The Hall–Kier alpha value is -4.01. The van der Waals surface area contributed by atoms with Crippen molar-refractivity contribution in [1.82, 2.24) is 34.1 Å². The molecular formula is C21H23F4N9O2. The predicted octanol–water partition coefficient (Wildman–Crippen LogP) is 2.24. The Bertz CT molecular complexity index is 1390. The number of carbonyl (C=O) groups excluding carboxylic acids is 1. The average molecular weight is 509 g/mol. The summed E-state index contributed by atoms with van der Waals surface area (Å²) in [6, 6.07) is 3.47. The smallest absolute Gasteiger partial charge is 0.269 e. The van der Waals surface area contributed by atoms with Crippen LogP contribution in [0, 0.1) is 0 Å². The van der Waals surface area contributed by atoms with Crippen LogP contribution in [0.4, 0.5) is 29.3 Å². The number of amides is 1. The first kappa shape index (κ1) is 25.1. The molecule has 0 spiro atoms. The van der Waals surface area contributed by atoms with Crippen molar-refractivity contribution in [3.63, 3.8) is 0 Å². The van der Waals surface area contributed by atoms with Gasteiger partial charge in [-0.05, 0) is 18.6 Å². The Labute approximate surface area is 201 Å². The van der Waals surface area contributed by atoms with Crippen molar-refractivity contribution >= 4 is 28.8 Å². The van der Waals surface area contributed by atoms with Crippen LogP contribution in [-0.2, 0) is 4.79 Å². The lowest BCUT2D eigenvalue weighted by atomic mass is 10.1. The quantitative estimate of drug-likeness (QED) is 0.356. The van der Waals surface area contributed by atoms with E-state index in [1.54, 1.807) is 36.1 Å². The van der Waals surface area contributed by atoms with E-state index < -0.39 is 31.4 Å². The molecule has 0 unspecified atom stereocenters. The van der Waals surface area contributed by atoms with Gasteiger partial charge in [-0.2, -0.15) is 10.1 Å². The SMILES string of the molecule is CNc1nc(N)nn2ccc(-c3ccn4ncc(C(F)F)c4n3)c12.O=C(CO)N1CCCC(F)(F)C1. The van der Waals surface area contributed by atoms with E-state index in [0.29, 0.717) is 35.6 Å². The molecule has 1 amide bonds. The van der Waals surface area contributed by atoms with Crippen molar-refractivity contribution in [3.05, 3.63) is 36.3 Å². The average Bonchev–Trinajstić information content (AvgIpc) is 3.46. The Morgan fingerprint density at radius 2 is 2.00 bits per heavy atom. The number of piperidine rings is 1. The molecule has 0 bridgehead atoms. The Balaban J connectivity index is 0.000000214. The minimum absolute atomic E-state index is 0.115. The predicted molar refractivity (Wildman–Crippen MR) is 122 cm³/mol. The molecule has 15 heteroatoms. The Morgan fingerprint density at radius 3 is 2.67 bits per heavy atom. The number of carbonyl (C=O) groups is 1. The number of aromatic nitrogens is 6. The molecule has 4 N–H and O–H groups in total. The number of fused-ring (bicyclic) bond motifs is 2. The third-order valence-corrected chi connectivity index (χ3v) is 5.55. The number of halogens is 4. The van der Waals surface area contributed by atoms with Crippen LogP contribution in [0.5, 0.6) is 0 Å². The van der Waals surface area contributed by atoms with Crippen LogP contribution >= 0.6 is 0 Å². The first-order chi connectivity index (χ1) is 17.1. The summed E-state index contributed by atoms with van der Waals surface area (Å²) in [6.45, 7) is -0.905. The van der Waals surface area contributed by atoms with E-state index in [2.05, 4.69) is 25.5 Å². The topological polar surface area (TPSA) is 139 Å². The highest BCUT2D eigenvalue weighted by Crippen LogP contribution is 2.30. The molecule has 0 aromatic carbocycles. The normalized spacial score (nSPS) is 15.2. The largest absolute Gasteiger partial charge is 0.387 e. The van der Waals surface area contributed by atoms with Crippen LogP contribution in [0.25, 0.3) is 22.4 Å². The van der Waals surface area contributed by atoms with Crippen molar-refractivity contribution < 1.29 is 27.5 Å². The highest BCUT2D eigenvalue weighted by atomic mass is 19.3. The molecule has 5 rings (SSSR count). The molecule has 0 atom stereocenters. The maximum absolute atomic E-state index is 13.1. The minimum atomic E-state index is -2.77. The second-order valence-corrected chi connectivity index (χ2v) is 8.01. The number of aliphatic hydroxyl groups excluding tert-OH is 1. The number of alkyl halides is 4. The highest BCUT2D eigenvalue weighted by molar-refractivity contribution is 5.87. The van der Waals surface area contributed by atoms with E-state index in [1.165, 1.54) is 4.52 Å². The van der Waals surface area contributed by atoms with E-state index in [-0.39, 0.29) is 23.6 Å². The number of hydrogen-bond donors (Lipinski definition) is 3. The van der Waals surface area contributed by atoms with Crippen LogP contribution in [-0.4, -0.2) is 77.8 Å². The summed E-state index contributed by atoms with van der Waals surface area (Å²) >= 11 is 0. The van der Waals surface area contributed by atoms with Crippen LogP contribution in [0.3, 0.4) is 0 Å². The molecule has 1 fully saturated rings. The third kappa shape index (κ3) is 5.00. The molecule has 0 aliphatic carbocycles. The summed E-state index contributed by atoms with van der Waals surface area (Å²) in [4.78, 5) is 20.3. The number of nitrogens with two attached hydrogens (primary N) is 1. The van der Waals surface area contributed by atoms with Gasteiger partial charge in [0.05, 0.1) is 24.0 Å². The van der Waals surface area contributed by atoms with Gasteiger partial charge in [0, 0.05) is 38.0 Å². The zero-order valence-electron chi connectivity index (χ0n) is 19.1. The van der Waals surface area contributed by atoms with Gasteiger partial charge in [-0.25, -0.2) is 31.6 Å². The fourth-order valence-corrected chi connectivity index (χ4v) is 3.89. The summed E-state index contributed by atoms with van der Waals surface area (Å²) in [5.74, 6) is -2.75. The van der Waals surface area contributed by atoms with Crippen molar-refractivity contribution in [2.75, 3.05) is 37.8 Å². The summed E-state index contributed by atoms with van der Waals surface area (Å²) in [5.41, 5.74) is 7.43. The van der Waals surface area contributed by atoms with Crippen molar-refractivity contribution in [3.8, 4) is 11.3 Å². The summed E-state index contributed by atoms with van der Waals surface area (Å²) in [7, 11) is 1.71. The van der Waals surface area contributed by atoms with E-state index in [4.69, 9.17) is 10.8 Å². The van der Waals surface area contributed by atoms with Crippen LogP contribution in [0.15, 0.2) is 30.7 Å². The fourth-order valence-electron chi connectivity index (χ4n) is 3.89. The maximum atomic E-state index is 13.1. The van der Waals surface area contributed by atoms with Crippen molar-refractivity contribution in [1.29, 1.82) is 0 Å². The molecule has 192 valence electrons. The molecule has 1 saturated heterocycles. The Morgan fingerprint density at radius 1 is 1.25 bits per heavy atom. The van der Waals surface area contributed by atoms with Gasteiger partial charge in [-0.1, -0.05) is 0 Å². The first-order valence-electron chi connectivity index (χ1n) is 10.9. The van der Waals surface area contributed by atoms with Gasteiger partial charge < -0.3 is 21.1 Å². The highest BCUT2D eigenvalue weighted by Gasteiger charge is 2.36. The van der Waals surface area contributed by atoms with E-state index >= 15 is 0 Å². The molecule has 1 aliphatic rings. The number of hydrogen-bond acceptors (Lipinski definition) is 8. The molecule has 0 radical (unpaired) electrons. The number of likely N-dealkylation sites (tertiary alicyclic amines) is 1. The summed E-state index contributed by atoms with van der Waals surface area (Å²) in [5, 5.41) is 19.4. The molecule has 5 heterocycles. The number of nitrogens with zero attached hydrogens (tertiary/aromatic N) is 7. The molecule has 0 saturated carbocycles. The zero-order valence-corrected chi connectivity index (χ0v) is 19.1. The van der Waals surface area contributed by atoms with Gasteiger partial charge in [-0.3, -0.25) is 4.79 Å². The van der Waals surface area contributed by atoms with Crippen molar-refractivity contribution in [2.45, 2.75) is 25.2 Å². The number of nitrogen functional groups attached to an aromatic ring is 1. The summed E-state index contributed by atoms with van der Waals surface area (Å²) < 4.78 is 54.4. The lowest BCUT2D eigenvalue weighted by molar-refractivity contribution is -0.144. The molecule has 11 nitrogen and oxygen atoms in total. The lowest BCUT2D eigenvalue weighted by Gasteiger charge is -2.31. The van der Waals surface area contributed by atoms with E-state index in [0.717, 1.165) is 11.1 Å². The fraction of sp³-hybridized carbons (Fsp3) is 0.381. The number of aliphatic hydroxyl groups is 1. The number of anilines is 2. The van der Waals surface area contributed by atoms with E-state index in [1.807, 2.05) is 0 Å². The van der Waals surface area contributed by atoms with E-state index in [9.17, 15) is 22.4 Å². The van der Waals surface area contributed by atoms with Gasteiger partial charge in [0.2, 0.25) is 11.9 Å². The number of rotatable bonds is 4. The van der Waals surface area contributed by atoms with Gasteiger partial charge in [0.25, 0.3) is 12.3 Å². The van der Waals surface area contributed by atoms with Crippen LogP contribution in [0.1, 0.15) is 24.8 Å². The van der Waals surface area contributed by atoms with Crippen molar-refractivity contribution in [2.24, 2.45) is 0 Å². The minimum Gasteiger partial charge on any atom is -0.387 e. The second-order valence-electron chi connectivity index (χ2n) is 8.01. The molecule has 4 aromatic heterocycles. The van der Waals surface area contributed by atoms with Gasteiger partial charge in [-0.15, -0.1) is 5.10 Å². The van der Waals surface area contributed by atoms with Crippen LogP contribution < -0.4 is 11.1 Å². The molecule has 1 aliphatic heterocycles. The molecule has 36 heavy (non-hydrogen) atoms. The molecule has 4 aromatic rings.